The molecular weight excluding hydrogens is 222 g/mol. The summed E-state index contributed by atoms with van der Waals surface area (Å²) in [6, 6.07) is 9.09. The van der Waals surface area contributed by atoms with Gasteiger partial charge in [0.05, 0.1) is 0 Å². The summed E-state index contributed by atoms with van der Waals surface area (Å²) in [5, 5.41) is 5.74. The highest BCUT2D eigenvalue weighted by atomic mass is 32.2. The molecule has 4 heteroatoms. The molecule has 0 atom stereocenters. The van der Waals surface area contributed by atoms with Crippen molar-refractivity contribution in [1.82, 2.24) is 0 Å². The van der Waals surface area contributed by atoms with Gasteiger partial charge in [0.15, 0.2) is 0 Å². The van der Waals surface area contributed by atoms with Crippen LogP contribution in [0.25, 0.3) is 6.08 Å². The molecule has 0 saturated heterocycles. The van der Waals surface area contributed by atoms with Gasteiger partial charge in [-0.05, 0) is 11.6 Å². The maximum absolute atomic E-state index is 10.5. The highest BCUT2D eigenvalue weighted by Gasteiger charge is 1.92. The number of primary sulfonamides is 1. The second-order valence-corrected chi connectivity index (χ2v) is 3.75. The summed E-state index contributed by atoms with van der Waals surface area (Å²) in [6.07, 6.45) is 1.45. The molecule has 0 aliphatic rings. The normalized spacial score (nSPS) is 9.81. The van der Waals surface area contributed by atoms with Crippen LogP contribution < -0.4 is 5.14 Å². The Kier molecular flexibility index (Phi) is 11.2. The number of rotatable bonds is 2. The Labute approximate surface area is 99.0 Å². The molecule has 0 radical (unpaired) electrons. The molecule has 92 valence electrons. The number of nitrogens with two attached hydrogens (primary N) is 1. The summed E-state index contributed by atoms with van der Waals surface area (Å²) in [4.78, 5) is 0. The van der Waals surface area contributed by atoms with E-state index in [-0.39, 0.29) is 0 Å². The second kappa shape index (κ2) is 10.4. The predicted molar refractivity (Wildman–Crippen MR) is 71.3 cm³/mol. The van der Waals surface area contributed by atoms with Gasteiger partial charge in [0, 0.05) is 5.41 Å². The highest BCUT2D eigenvalue weighted by molar-refractivity contribution is 7.92. The minimum atomic E-state index is -3.50. The smallest absolute Gasteiger partial charge is 0.225 e. The first-order valence-corrected chi connectivity index (χ1v) is 6.95. The molecule has 2 N–H and O–H groups in total. The third-order valence-corrected chi connectivity index (χ3v) is 1.77. The Morgan fingerprint density at radius 1 is 1.00 bits per heavy atom. The van der Waals surface area contributed by atoms with Crippen LogP contribution >= 0.6 is 0 Å². The zero-order valence-corrected chi connectivity index (χ0v) is 11.2. The molecule has 0 aliphatic heterocycles. The van der Waals surface area contributed by atoms with E-state index in [4.69, 9.17) is 5.14 Å². The van der Waals surface area contributed by atoms with Gasteiger partial charge in [0.25, 0.3) is 0 Å². The fourth-order valence-corrected chi connectivity index (χ4v) is 1.08. The summed E-state index contributed by atoms with van der Waals surface area (Å²) in [7, 11) is -3.50. The molecule has 0 aromatic heterocycles. The summed E-state index contributed by atoms with van der Waals surface area (Å²) < 4.78 is 21.0. The van der Waals surface area contributed by atoms with Crippen LogP contribution in [0.1, 0.15) is 33.3 Å². The Hall–Kier alpha value is -1.13. The fraction of sp³-hybridized carbons (Fsp3) is 0.333. The van der Waals surface area contributed by atoms with Crippen molar-refractivity contribution in [2.24, 2.45) is 5.14 Å². The molecule has 0 saturated carbocycles. The molecular formula is C12H21NO2S. The Morgan fingerprint density at radius 2 is 1.44 bits per heavy atom. The van der Waals surface area contributed by atoms with Gasteiger partial charge in [0.2, 0.25) is 10.0 Å². The molecule has 0 spiro atoms. The third kappa shape index (κ3) is 10.9. The van der Waals surface area contributed by atoms with Crippen molar-refractivity contribution >= 4 is 16.1 Å². The van der Waals surface area contributed by atoms with Crippen molar-refractivity contribution in [3.8, 4) is 0 Å². The standard InChI is InChI=1S/C8H9NO2S.2C2H6/c9-12(10,11)7-6-8-4-2-1-3-5-8;2*1-2/h1-7H,(H2,9,10,11);2*1-2H3/b7-6+;;. The maximum Gasteiger partial charge on any atom is 0.231 e. The van der Waals surface area contributed by atoms with Crippen LogP contribution in [0, 0.1) is 0 Å². The third-order valence-electron chi connectivity index (χ3n) is 1.25. The van der Waals surface area contributed by atoms with Gasteiger partial charge in [0.1, 0.15) is 0 Å². The van der Waals surface area contributed by atoms with E-state index in [0.717, 1.165) is 11.0 Å². The number of hydrogen-bond acceptors (Lipinski definition) is 2. The first-order chi connectivity index (χ1) is 7.58. The Balaban J connectivity index is 0. The van der Waals surface area contributed by atoms with Crippen molar-refractivity contribution < 1.29 is 8.42 Å². The first kappa shape index (κ1) is 17.3. The van der Waals surface area contributed by atoms with E-state index < -0.39 is 10.0 Å². The van der Waals surface area contributed by atoms with Crippen LogP contribution in [-0.4, -0.2) is 8.42 Å². The molecule has 0 aliphatic carbocycles. The van der Waals surface area contributed by atoms with Crippen LogP contribution in [0.3, 0.4) is 0 Å². The van der Waals surface area contributed by atoms with Crippen molar-refractivity contribution in [1.29, 1.82) is 0 Å². The predicted octanol–water partition coefficient (Wildman–Crippen LogP) is 3.00. The molecule has 1 rings (SSSR count). The molecule has 16 heavy (non-hydrogen) atoms. The van der Waals surface area contributed by atoms with Gasteiger partial charge >= 0.3 is 0 Å². The lowest BCUT2D eigenvalue weighted by molar-refractivity contribution is 0.606. The van der Waals surface area contributed by atoms with Gasteiger partial charge in [-0.15, -0.1) is 0 Å². The van der Waals surface area contributed by atoms with Gasteiger partial charge in [-0.1, -0.05) is 58.0 Å². The average Bonchev–Trinajstić information content (AvgIpc) is 2.32. The maximum atomic E-state index is 10.5. The summed E-state index contributed by atoms with van der Waals surface area (Å²) >= 11 is 0. The van der Waals surface area contributed by atoms with E-state index in [1.165, 1.54) is 6.08 Å². The van der Waals surface area contributed by atoms with Crippen LogP contribution in [0.4, 0.5) is 0 Å². The van der Waals surface area contributed by atoms with Crippen LogP contribution in [0.2, 0.25) is 0 Å². The lowest BCUT2D eigenvalue weighted by atomic mass is 10.2. The number of sulfonamides is 1. The van der Waals surface area contributed by atoms with E-state index in [9.17, 15) is 8.42 Å². The van der Waals surface area contributed by atoms with E-state index in [2.05, 4.69) is 0 Å². The topological polar surface area (TPSA) is 60.2 Å². The minimum Gasteiger partial charge on any atom is -0.225 e. The molecule has 1 aromatic carbocycles. The summed E-state index contributed by atoms with van der Waals surface area (Å²) in [6.45, 7) is 8.00. The second-order valence-electron chi connectivity index (χ2n) is 2.30. The van der Waals surface area contributed by atoms with E-state index in [1.54, 1.807) is 12.1 Å². The lowest BCUT2D eigenvalue weighted by Gasteiger charge is -1.89. The van der Waals surface area contributed by atoms with Gasteiger partial charge < -0.3 is 0 Å². The Morgan fingerprint density at radius 3 is 1.81 bits per heavy atom. The molecule has 0 fully saturated rings. The van der Waals surface area contributed by atoms with E-state index >= 15 is 0 Å². The molecule has 0 bridgehead atoms. The molecule has 1 aromatic rings. The monoisotopic (exact) mass is 243 g/mol. The fourth-order valence-electron chi connectivity index (χ4n) is 0.738. The summed E-state index contributed by atoms with van der Waals surface area (Å²) in [5.41, 5.74) is 0.812. The molecule has 0 unspecified atom stereocenters. The zero-order valence-electron chi connectivity index (χ0n) is 10.3. The van der Waals surface area contributed by atoms with Crippen LogP contribution in [0.15, 0.2) is 35.7 Å². The van der Waals surface area contributed by atoms with Crippen molar-refractivity contribution in [2.45, 2.75) is 27.7 Å². The van der Waals surface area contributed by atoms with Crippen molar-refractivity contribution in [2.75, 3.05) is 0 Å². The first-order valence-electron chi connectivity index (χ1n) is 5.34. The quantitative estimate of drug-likeness (QED) is 0.868. The average molecular weight is 243 g/mol. The van der Waals surface area contributed by atoms with Crippen LogP contribution in [-0.2, 0) is 10.0 Å². The van der Waals surface area contributed by atoms with E-state index in [1.807, 2.05) is 45.9 Å². The van der Waals surface area contributed by atoms with Gasteiger partial charge in [-0.25, -0.2) is 13.6 Å². The minimum absolute atomic E-state index is 0.812. The molecule has 3 nitrogen and oxygen atoms in total. The lowest BCUT2D eigenvalue weighted by Crippen LogP contribution is -2.06. The van der Waals surface area contributed by atoms with Crippen LogP contribution in [0.5, 0.6) is 0 Å². The van der Waals surface area contributed by atoms with Gasteiger partial charge in [-0.3, -0.25) is 0 Å². The summed E-state index contributed by atoms with van der Waals surface area (Å²) in [5.74, 6) is 0. The number of hydrogen-bond donors (Lipinski definition) is 1. The van der Waals surface area contributed by atoms with Crippen molar-refractivity contribution in [3.05, 3.63) is 41.3 Å². The van der Waals surface area contributed by atoms with Crippen molar-refractivity contribution in [3.63, 3.8) is 0 Å². The molecule has 0 heterocycles. The van der Waals surface area contributed by atoms with Gasteiger partial charge in [-0.2, -0.15) is 0 Å². The molecule has 0 amide bonds. The Bertz CT molecular complexity index is 369. The van der Waals surface area contributed by atoms with E-state index in [0.29, 0.717) is 0 Å². The highest BCUT2D eigenvalue weighted by Crippen LogP contribution is 2.01. The zero-order chi connectivity index (χ0) is 13.0. The number of benzene rings is 1. The SMILES string of the molecule is CC.CC.NS(=O)(=O)/C=C/c1ccccc1. The largest absolute Gasteiger partial charge is 0.231 e.